The molecule has 0 aliphatic carbocycles. The van der Waals surface area contributed by atoms with Crippen molar-refractivity contribution in [1.29, 1.82) is 0 Å². The van der Waals surface area contributed by atoms with Crippen LogP contribution in [0.4, 0.5) is 5.69 Å². The molecule has 21 heavy (non-hydrogen) atoms. The highest BCUT2D eigenvalue weighted by Gasteiger charge is 2.14. The number of aliphatic imine (C=N–C) groups is 1. The number of furan rings is 1. The highest BCUT2D eigenvalue weighted by Crippen LogP contribution is 2.29. The molecule has 0 amide bonds. The predicted molar refractivity (Wildman–Crippen MR) is 81.3 cm³/mol. The maximum atomic E-state index is 9.77. The third-order valence-electron chi connectivity index (χ3n) is 2.78. The first kappa shape index (κ1) is 13.5. The molecule has 2 aromatic heterocycles. The molecule has 3 rings (SSSR count). The molecule has 0 spiro atoms. The SMILES string of the molecule is CSc1ccccc1N=Cc1nc(-c2ccco2)oc1O. The fraction of sp³-hybridized carbons (Fsp3) is 0.0667. The highest BCUT2D eigenvalue weighted by atomic mass is 32.2. The van der Waals surface area contributed by atoms with E-state index in [0.717, 1.165) is 10.6 Å². The molecule has 6 heteroatoms. The lowest BCUT2D eigenvalue weighted by atomic mass is 10.3. The van der Waals surface area contributed by atoms with Crippen LogP contribution in [0.3, 0.4) is 0 Å². The molecule has 0 aliphatic heterocycles. The van der Waals surface area contributed by atoms with Crippen LogP contribution in [0.5, 0.6) is 5.95 Å². The van der Waals surface area contributed by atoms with E-state index >= 15 is 0 Å². The minimum atomic E-state index is -0.285. The Balaban J connectivity index is 1.90. The Kier molecular flexibility index (Phi) is 3.79. The van der Waals surface area contributed by atoms with Crippen molar-refractivity contribution < 1.29 is 13.9 Å². The third kappa shape index (κ3) is 2.85. The van der Waals surface area contributed by atoms with E-state index in [9.17, 15) is 5.11 Å². The molecular formula is C15H12N2O3S. The molecule has 0 saturated carbocycles. The van der Waals surface area contributed by atoms with Gasteiger partial charge in [0.1, 0.15) is 0 Å². The van der Waals surface area contributed by atoms with Gasteiger partial charge in [-0.3, -0.25) is 4.99 Å². The molecule has 5 nitrogen and oxygen atoms in total. The molecule has 0 unspecified atom stereocenters. The average molecular weight is 300 g/mol. The molecule has 3 aromatic rings. The van der Waals surface area contributed by atoms with Gasteiger partial charge in [-0.25, -0.2) is 4.98 Å². The largest absolute Gasteiger partial charge is 0.479 e. The van der Waals surface area contributed by atoms with Crippen molar-refractivity contribution in [2.75, 3.05) is 6.26 Å². The lowest BCUT2D eigenvalue weighted by Gasteiger charge is -1.99. The normalized spacial score (nSPS) is 11.3. The number of aromatic nitrogens is 1. The van der Waals surface area contributed by atoms with Crippen LogP contribution in [0.15, 0.2) is 61.4 Å². The standard InChI is InChI=1S/C15H12N2O3S/c1-21-13-7-3-2-5-10(13)16-9-11-15(18)20-14(17-11)12-6-4-8-19-12/h2-9,18H,1H3. The Hall–Kier alpha value is -2.47. The van der Waals surface area contributed by atoms with E-state index in [0.29, 0.717) is 5.76 Å². The van der Waals surface area contributed by atoms with Crippen LogP contribution in [0.1, 0.15) is 5.69 Å². The number of benzene rings is 1. The maximum Gasteiger partial charge on any atom is 0.312 e. The van der Waals surface area contributed by atoms with Gasteiger partial charge in [-0.2, -0.15) is 0 Å². The fourth-order valence-corrected chi connectivity index (χ4v) is 2.33. The van der Waals surface area contributed by atoms with E-state index in [4.69, 9.17) is 8.83 Å². The highest BCUT2D eigenvalue weighted by molar-refractivity contribution is 7.98. The summed E-state index contributed by atoms with van der Waals surface area (Å²) in [6.07, 6.45) is 4.97. The number of para-hydroxylation sites is 1. The van der Waals surface area contributed by atoms with Crippen molar-refractivity contribution in [1.82, 2.24) is 4.98 Å². The van der Waals surface area contributed by atoms with Crippen molar-refractivity contribution in [3.05, 3.63) is 48.4 Å². The Morgan fingerprint density at radius 2 is 2.10 bits per heavy atom. The van der Waals surface area contributed by atoms with E-state index < -0.39 is 0 Å². The molecule has 0 bridgehead atoms. The summed E-state index contributed by atoms with van der Waals surface area (Å²) in [5, 5.41) is 9.77. The molecule has 1 N–H and O–H groups in total. The Morgan fingerprint density at radius 3 is 2.86 bits per heavy atom. The molecule has 0 radical (unpaired) electrons. The van der Waals surface area contributed by atoms with Crippen molar-refractivity contribution in [2.45, 2.75) is 4.90 Å². The molecule has 106 valence electrons. The summed E-state index contributed by atoms with van der Waals surface area (Å²) in [6.45, 7) is 0. The van der Waals surface area contributed by atoms with E-state index in [-0.39, 0.29) is 17.5 Å². The van der Waals surface area contributed by atoms with Crippen LogP contribution in [-0.2, 0) is 0 Å². The fourth-order valence-electron chi connectivity index (χ4n) is 1.78. The van der Waals surface area contributed by atoms with Crippen LogP contribution in [0.25, 0.3) is 11.7 Å². The lowest BCUT2D eigenvalue weighted by molar-refractivity contribution is 0.333. The summed E-state index contributed by atoms with van der Waals surface area (Å²) in [5.41, 5.74) is 1.07. The number of thioether (sulfide) groups is 1. The Labute approximate surface area is 125 Å². The van der Waals surface area contributed by atoms with Gasteiger partial charge in [-0.05, 0) is 30.5 Å². The van der Waals surface area contributed by atoms with Gasteiger partial charge in [0.2, 0.25) is 0 Å². The Bertz CT molecular complexity index is 763. The van der Waals surface area contributed by atoms with Gasteiger partial charge in [0, 0.05) is 4.90 Å². The number of oxazole rings is 1. The maximum absolute atomic E-state index is 9.77. The van der Waals surface area contributed by atoms with Crippen LogP contribution >= 0.6 is 11.8 Å². The van der Waals surface area contributed by atoms with E-state index in [1.54, 1.807) is 23.9 Å². The van der Waals surface area contributed by atoms with Crippen molar-refractivity contribution in [3.8, 4) is 17.6 Å². The van der Waals surface area contributed by atoms with E-state index in [1.165, 1.54) is 12.5 Å². The zero-order chi connectivity index (χ0) is 14.7. The van der Waals surface area contributed by atoms with Crippen LogP contribution in [0, 0.1) is 0 Å². The topological polar surface area (TPSA) is 71.8 Å². The molecule has 1 aromatic carbocycles. The zero-order valence-electron chi connectivity index (χ0n) is 11.2. The minimum Gasteiger partial charge on any atom is -0.479 e. The van der Waals surface area contributed by atoms with Crippen molar-refractivity contribution >= 4 is 23.7 Å². The second-order valence-corrected chi connectivity index (χ2v) is 4.96. The van der Waals surface area contributed by atoms with Crippen LogP contribution in [0.2, 0.25) is 0 Å². The number of rotatable bonds is 4. The molecule has 0 atom stereocenters. The van der Waals surface area contributed by atoms with Gasteiger partial charge in [0.25, 0.3) is 5.89 Å². The second-order valence-electron chi connectivity index (χ2n) is 4.12. The molecule has 0 fully saturated rings. The third-order valence-corrected chi connectivity index (χ3v) is 3.56. The first-order chi connectivity index (χ1) is 10.3. The van der Waals surface area contributed by atoms with Crippen molar-refractivity contribution in [3.63, 3.8) is 0 Å². The number of nitrogens with zero attached hydrogens (tertiary/aromatic N) is 2. The van der Waals surface area contributed by atoms with Gasteiger partial charge in [-0.15, -0.1) is 11.8 Å². The summed E-state index contributed by atoms with van der Waals surface area (Å²) < 4.78 is 10.3. The van der Waals surface area contributed by atoms with Gasteiger partial charge < -0.3 is 13.9 Å². The van der Waals surface area contributed by atoms with Gasteiger partial charge in [0.05, 0.1) is 18.2 Å². The molecule has 0 saturated heterocycles. The zero-order valence-corrected chi connectivity index (χ0v) is 12.0. The Morgan fingerprint density at radius 1 is 1.24 bits per heavy atom. The van der Waals surface area contributed by atoms with Gasteiger partial charge in [-0.1, -0.05) is 12.1 Å². The molecule has 2 heterocycles. The summed E-state index contributed by atoms with van der Waals surface area (Å²) >= 11 is 1.60. The second kappa shape index (κ2) is 5.88. The number of aromatic hydroxyl groups is 1. The number of hydrogen-bond donors (Lipinski definition) is 1. The minimum absolute atomic E-state index is 0.220. The smallest absolute Gasteiger partial charge is 0.312 e. The number of hydrogen-bond acceptors (Lipinski definition) is 6. The van der Waals surface area contributed by atoms with Crippen LogP contribution in [-0.4, -0.2) is 22.6 Å². The predicted octanol–water partition coefficient (Wildman–Crippen LogP) is 4.11. The first-order valence-electron chi connectivity index (χ1n) is 6.18. The summed E-state index contributed by atoms with van der Waals surface area (Å²) in [4.78, 5) is 9.54. The van der Waals surface area contributed by atoms with Gasteiger partial charge in [0.15, 0.2) is 11.5 Å². The summed E-state index contributed by atoms with van der Waals surface area (Å²) in [5.74, 6) is 0.387. The van der Waals surface area contributed by atoms with E-state index in [2.05, 4.69) is 9.98 Å². The monoisotopic (exact) mass is 300 g/mol. The van der Waals surface area contributed by atoms with Crippen molar-refractivity contribution in [2.24, 2.45) is 4.99 Å². The van der Waals surface area contributed by atoms with Gasteiger partial charge >= 0.3 is 5.95 Å². The quantitative estimate of drug-likeness (QED) is 0.580. The average Bonchev–Trinajstić information content (AvgIpc) is 3.15. The van der Waals surface area contributed by atoms with Crippen LogP contribution < -0.4 is 0 Å². The lowest BCUT2D eigenvalue weighted by Crippen LogP contribution is -1.82. The molecular weight excluding hydrogens is 288 g/mol. The van der Waals surface area contributed by atoms with E-state index in [1.807, 2.05) is 30.5 Å². The molecule has 0 aliphatic rings. The summed E-state index contributed by atoms with van der Waals surface area (Å²) in [6, 6.07) is 11.2. The first-order valence-corrected chi connectivity index (χ1v) is 7.41. The summed E-state index contributed by atoms with van der Waals surface area (Å²) in [7, 11) is 0.